The minimum Gasteiger partial charge on any atom is -0.387 e. The number of anilines is 1. The summed E-state index contributed by atoms with van der Waals surface area (Å²) in [5.41, 5.74) is 22.5. The first-order chi connectivity index (χ1) is 23.1. The highest BCUT2D eigenvalue weighted by Gasteiger charge is 2.46. The molecule has 268 valence electrons. The lowest BCUT2D eigenvalue weighted by atomic mass is 10.1. The number of nitrogens with two attached hydrogens (primary N) is 4. The maximum Gasteiger partial charge on any atom is 0.373 e. The number of thiol groups is 1. The third-order valence-corrected chi connectivity index (χ3v) is 8.29. The van der Waals surface area contributed by atoms with Crippen molar-refractivity contribution in [2.45, 2.75) is 43.8 Å². The van der Waals surface area contributed by atoms with Crippen LogP contribution < -0.4 is 22.9 Å². The van der Waals surface area contributed by atoms with Gasteiger partial charge >= 0.3 is 18.5 Å². The van der Waals surface area contributed by atoms with Gasteiger partial charge in [-0.1, -0.05) is 13.2 Å². The second-order valence-corrected chi connectivity index (χ2v) is 11.8. The van der Waals surface area contributed by atoms with Crippen molar-refractivity contribution in [1.29, 1.82) is 0 Å². The molecule has 17 nitrogen and oxygen atoms in total. The number of thioether (sulfide) groups is 1. The average Bonchev–Trinajstić information content (AvgIpc) is 3.63. The van der Waals surface area contributed by atoms with Crippen molar-refractivity contribution in [2.24, 2.45) is 17.2 Å². The van der Waals surface area contributed by atoms with Crippen molar-refractivity contribution >= 4 is 70.7 Å². The Balaban J connectivity index is -0.000000345. The van der Waals surface area contributed by atoms with Gasteiger partial charge in [-0.05, 0) is 49.4 Å². The molecule has 1 saturated heterocycles. The van der Waals surface area contributed by atoms with Crippen LogP contribution >= 0.6 is 24.4 Å². The minimum absolute atomic E-state index is 0.132. The highest BCUT2D eigenvalue weighted by molar-refractivity contribution is 8.02. The molecule has 0 spiro atoms. The highest BCUT2D eigenvalue weighted by Crippen LogP contribution is 2.33. The van der Waals surface area contributed by atoms with Gasteiger partial charge in [0.15, 0.2) is 17.7 Å². The van der Waals surface area contributed by atoms with Gasteiger partial charge in [-0.25, -0.2) is 15.0 Å². The number of terminal acetylenes is 1. The molecule has 1 aliphatic rings. The monoisotopic (exact) mass is 733 g/mol. The van der Waals surface area contributed by atoms with Gasteiger partial charge in [-0.15, -0.1) is 24.6 Å². The molecule has 10 N–H and O–H groups in total. The Hall–Kier alpha value is -3.66. The number of hydrogen-bond acceptors (Lipinski definition) is 18. The lowest BCUT2D eigenvalue weighted by molar-refractivity contribution is -0.193. The van der Waals surface area contributed by atoms with E-state index in [9.17, 15) is 10.2 Å². The number of nitrogens with zero attached hydrogens (tertiary/aromatic N) is 4. The normalized spacial score (nSPS) is 17.1. The number of imidazole rings is 1. The molecular weight excluding hydrogens is 689 g/mol. The van der Waals surface area contributed by atoms with Gasteiger partial charge in [0.2, 0.25) is 0 Å². The first-order valence-corrected chi connectivity index (χ1v) is 16.9. The maximum absolute atomic E-state index is 10.4. The first-order valence-electron chi connectivity index (χ1n) is 13.6. The van der Waals surface area contributed by atoms with Crippen LogP contribution in [0.3, 0.4) is 0 Å². The topological polar surface area (TPSA) is 300 Å². The number of rotatable bonds is 13. The van der Waals surface area contributed by atoms with Crippen LogP contribution in [0.4, 0.5) is 5.82 Å². The van der Waals surface area contributed by atoms with Crippen LogP contribution in [0.2, 0.25) is 0 Å². The van der Waals surface area contributed by atoms with Gasteiger partial charge in [0.05, 0.1) is 6.33 Å². The van der Waals surface area contributed by atoms with E-state index in [4.69, 9.17) is 56.4 Å². The number of ether oxygens (including phenoxy) is 1. The summed E-state index contributed by atoms with van der Waals surface area (Å²) in [7, 11) is -0.132. The smallest absolute Gasteiger partial charge is 0.373 e. The maximum atomic E-state index is 10.4. The Morgan fingerprint density at radius 3 is 1.94 bits per heavy atom. The van der Waals surface area contributed by atoms with E-state index in [0.29, 0.717) is 23.5 Å². The lowest BCUT2D eigenvalue weighted by Crippen LogP contribution is -2.35. The van der Waals surface area contributed by atoms with E-state index in [1.807, 2.05) is 10.8 Å². The molecule has 0 aliphatic carbocycles. The molecule has 3 heterocycles. The number of aliphatic hydroxyl groups excluding tert-OH is 2. The molecular formula is C28H45N8O9S3+. The van der Waals surface area contributed by atoms with Crippen molar-refractivity contribution < 1.29 is 43.7 Å². The van der Waals surface area contributed by atoms with Crippen LogP contribution in [-0.2, 0) is 44.4 Å². The zero-order chi connectivity index (χ0) is 37.8. The number of nitrogen functional groups attached to an aromatic ring is 1. The number of aromatic nitrogens is 4. The molecule has 0 saturated carbocycles. The summed E-state index contributed by atoms with van der Waals surface area (Å²) in [6, 6.07) is 0. The summed E-state index contributed by atoms with van der Waals surface area (Å²) in [6.07, 6.45) is 11.2. The van der Waals surface area contributed by atoms with Crippen LogP contribution in [0.5, 0.6) is 0 Å². The largest absolute Gasteiger partial charge is 0.387 e. The number of carbonyl (C=O) groups excluding carboxylic acids is 6. The zero-order valence-corrected chi connectivity index (χ0v) is 28.9. The minimum atomic E-state index is -1.09. The van der Waals surface area contributed by atoms with E-state index in [-0.39, 0.29) is 35.2 Å². The van der Waals surface area contributed by atoms with Crippen LogP contribution in [-0.4, -0.2) is 109 Å². The molecule has 5 atom stereocenters. The fourth-order valence-electron chi connectivity index (χ4n) is 3.21. The van der Waals surface area contributed by atoms with E-state index >= 15 is 0 Å². The Labute approximate surface area is 292 Å². The van der Waals surface area contributed by atoms with Gasteiger partial charge in [0.25, 0.3) is 0 Å². The molecule has 0 amide bonds. The summed E-state index contributed by atoms with van der Waals surface area (Å²) in [5, 5.41) is 24.6. The SMILES string of the molecule is C#C.C=CSCCCN.C=C[S+](CCCN)C[C@H]1O[C@@H](n2cnc3c(N)ncnc32)C(O)[C@H]1O.NCCCS.O=C=O.O=C=O.O=C=O. The Morgan fingerprint density at radius 2 is 1.50 bits per heavy atom. The summed E-state index contributed by atoms with van der Waals surface area (Å²) < 4.78 is 7.52. The second kappa shape index (κ2) is 37.8. The van der Waals surface area contributed by atoms with Gasteiger partial charge in [0, 0.05) is 17.3 Å². The van der Waals surface area contributed by atoms with E-state index in [1.165, 1.54) is 12.7 Å². The van der Waals surface area contributed by atoms with Crippen molar-refractivity contribution in [3.05, 3.63) is 36.6 Å². The highest BCUT2D eigenvalue weighted by atomic mass is 32.2. The molecule has 0 aromatic carbocycles. The first kappa shape index (κ1) is 51.2. The standard InChI is InChI=1S/C15H23N6O3S.C5H11NS.C3H9NS.C2H2.3CO2/c1-2-25(5-3-4-16)6-9-11(22)12(23)15(24-9)21-8-20-10-13(17)18-7-19-14(10)21;1-2-7-5-3-4-6;4-2-1-3-5;1-2;3*2-1-3/h2,7-9,11-12,15,22-23H,1,3-6,16H2,(H2,17,18,19);2H,1,3-6H2;5H,1-4H2;1-2H;;;/q+1;;;;;;/t9-,11+,12?,15-,25?;;;;;;/m1....../s1. The van der Waals surface area contributed by atoms with E-state index in [2.05, 4.69) is 53.6 Å². The van der Waals surface area contributed by atoms with E-state index in [0.717, 1.165) is 49.6 Å². The van der Waals surface area contributed by atoms with Crippen LogP contribution in [0.1, 0.15) is 25.5 Å². The van der Waals surface area contributed by atoms with E-state index < -0.39 is 24.5 Å². The summed E-state index contributed by atoms with van der Waals surface area (Å²) >= 11 is 5.64. The van der Waals surface area contributed by atoms with Gasteiger partial charge in [-0.2, -0.15) is 41.4 Å². The van der Waals surface area contributed by atoms with Crippen LogP contribution in [0.15, 0.2) is 36.6 Å². The summed E-state index contributed by atoms with van der Waals surface area (Å²) in [4.78, 5) is 61.0. The van der Waals surface area contributed by atoms with Crippen LogP contribution in [0.25, 0.3) is 11.2 Å². The molecule has 48 heavy (non-hydrogen) atoms. The van der Waals surface area contributed by atoms with Gasteiger partial charge in [0.1, 0.15) is 47.1 Å². The summed E-state index contributed by atoms with van der Waals surface area (Å²) in [5.74, 6) is 3.76. The predicted octanol–water partition coefficient (Wildman–Crippen LogP) is -0.886. The van der Waals surface area contributed by atoms with Gasteiger partial charge < -0.3 is 37.9 Å². The Bertz CT molecular complexity index is 1190. The predicted molar refractivity (Wildman–Crippen MR) is 185 cm³/mol. The Kier molecular flexibility index (Phi) is 40.3. The molecule has 3 rings (SSSR count). The van der Waals surface area contributed by atoms with Gasteiger partial charge in [-0.3, -0.25) is 4.57 Å². The number of fused-ring (bicyclic) bond motifs is 1. The molecule has 0 bridgehead atoms. The molecule has 0 radical (unpaired) electrons. The van der Waals surface area contributed by atoms with Crippen LogP contribution in [0, 0.1) is 12.8 Å². The lowest BCUT2D eigenvalue weighted by Gasteiger charge is -2.16. The second-order valence-electron chi connectivity index (χ2n) is 8.14. The fraction of sp³-hybridized carbons (Fsp3) is 0.500. The Morgan fingerprint density at radius 1 is 0.958 bits per heavy atom. The summed E-state index contributed by atoms with van der Waals surface area (Å²) in [6.45, 7) is 9.57. The third-order valence-electron chi connectivity index (χ3n) is 5.17. The van der Waals surface area contributed by atoms with Crippen molar-refractivity contribution in [3.63, 3.8) is 0 Å². The fourth-order valence-corrected chi connectivity index (χ4v) is 5.60. The molecule has 2 aromatic rings. The molecule has 1 aliphatic heterocycles. The van der Waals surface area contributed by atoms with Crippen molar-refractivity contribution in [1.82, 2.24) is 19.5 Å². The molecule has 20 heteroatoms. The zero-order valence-electron chi connectivity index (χ0n) is 26.4. The molecule has 2 aromatic heterocycles. The third kappa shape index (κ3) is 23.6. The van der Waals surface area contributed by atoms with Crippen molar-refractivity contribution in [2.75, 3.05) is 48.4 Å². The number of aliphatic hydroxyl groups is 2. The molecule has 1 fully saturated rings. The van der Waals surface area contributed by atoms with E-state index in [1.54, 1.807) is 16.3 Å². The molecule has 2 unspecified atom stereocenters. The number of hydrogen-bond donors (Lipinski definition) is 7. The van der Waals surface area contributed by atoms with Crippen molar-refractivity contribution in [3.8, 4) is 12.8 Å². The average molecular weight is 734 g/mol. The quantitative estimate of drug-likeness (QED) is 0.0569.